The van der Waals surface area contributed by atoms with Crippen LogP contribution < -0.4 is 0 Å². The van der Waals surface area contributed by atoms with Crippen LogP contribution >= 0.6 is 0 Å². The first-order valence-corrected chi connectivity index (χ1v) is 4.38. The highest BCUT2D eigenvalue weighted by molar-refractivity contribution is 5.75. The SMILES string of the molecule is O=C(O)C1CC1c1c(F)cc(F)cc1F. The van der Waals surface area contributed by atoms with E-state index in [4.69, 9.17) is 5.11 Å². The summed E-state index contributed by atoms with van der Waals surface area (Å²) in [6.45, 7) is 0. The molecule has 0 bridgehead atoms. The lowest BCUT2D eigenvalue weighted by Gasteiger charge is -2.03. The minimum atomic E-state index is -1.08. The van der Waals surface area contributed by atoms with Gasteiger partial charge in [0, 0.05) is 23.6 Å². The van der Waals surface area contributed by atoms with E-state index in [1.807, 2.05) is 0 Å². The van der Waals surface area contributed by atoms with E-state index < -0.39 is 35.3 Å². The average molecular weight is 216 g/mol. The van der Waals surface area contributed by atoms with Crippen molar-refractivity contribution in [3.05, 3.63) is 35.1 Å². The van der Waals surface area contributed by atoms with Gasteiger partial charge in [-0.15, -0.1) is 0 Å². The number of aliphatic carboxylic acids is 1. The molecule has 1 N–H and O–H groups in total. The first-order chi connectivity index (χ1) is 7.00. The quantitative estimate of drug-likeness (QED) is 0.823. The van der Waals surface area contributed by atoms with Crippen molar-refractivity contribution >= 4 is 5.97 Å². The van der Waals surface area contributed by atoms with E-state index in [-0.39, 0.29) is 12.0 Å². The van der Waals surface area contributed by atoms with Gasteiger partial charge in [0.1, 0.15) is 17.5 Å². The van der Waals surface area contributed by atoms with E-state index in [1.54, 1.807) is 0 Å². The van der Waals surface area contributed by atoms with Gasteiger partial charge in [0.15, 0.2) is 0 Å². The lowest BCUT2D eigenvalue weighted by Crippen LogP contribution is -2.02. The molecule has 1 aromatic rings. The molecule has 80 valence electrons. The number of hydrogen-bond donors (Lipinski definition) is 1. The number of rotatable bonds is 2. The standard InChI is InChI=1S/C10H7F3O2/c11-4-1-7(12)9(8(13)2-4)5-3-6(5)10(14)15/h1-2,5-6H,3H2,(H,14,15). The summed E-state index contributed by atoms with van der Waals surface area (Å²) in [5, 5.41) is 8.60. The minimum absolute atomic E-state index is 0.203. The fraction of sp³-hybridized carbons (Fsp3) is 0.300. The van der Waals surface area contributed by atoms with Crippen LogP contribution in [-0.4, -0.2) is 11.1 Å². The predicted octanol–water partition coefficient (Wildman–Crippen LogP) is 2.29. The Kier molecular flexibility index (Phi) is 2.17. The molecule has 1 aliphatic carbocycles. The molecule has 0 aliphatic heterocycles. The molecule has 15 heavy (non-hydrogen) atoms. The first kappa shape index (κ1) is 10.0. The van der Waals surface area contributed by atoms with Crippen LogP contribution in [0.3, 0.4) is 0 Å². The van der Waals surface area contributed by atoms with Crippen molar-refractivity contribution in [3.63, 3.8) is 0 Å². The van der Waals surface area contributed by atoms with Gasteiger partial charge in [-0.2, -0.15) is 0 Å². The maximum absolute atomic E-state index is 13.2. The minimum Gasteiger partial charge on any atom is -0.481 e. The first-order valence-electron chi connectivity index (χ1n) is 4.38. The Morgan fingerprint density at radius 1 is 1.27 bits per heavy atom. The summed E-state index contributed by atoms with van der Waals surface area (Å²) in [5.74, 6) is -5.52. The summed E-state index contributed by atoms with van der Waals surface area (Å²) in [6, 6.07) is 1.13. The Balaban J connectivity index is 2.34. The van der Waals surface area contributed by atoms with Crippen molar-refractivity contribution in [1.82, 2.24) is 0 Å². The molecule has 2 atom stereocenters. The Labute approximate surface area is 83.3 Å². The average Bonchev–Trinajstić information content (AvgIpc) is 2.81. The number of hydrogen-bond acceptors (Lipinski definition) is 1. The second-order valence-corrected chi connectivity index (χ2v) is 3.57. The molecule has 0 aromatic heterocycles. The highest BCUT2D eigenvalue weighted by atomic mass is 19.1. The molecule has 0 spiro atoms. The number of carbonyl (C=O) groups is 1. The molecular formula is C10H7F3O2. The zero-order valence-electron chi connectivity index (χ0n) is 7.51. The molecule has 0 saturated heterocycles. The van der Waals surface area contributed by atoms with Gasteiger partial charge in [0.05, 0.1) is 5.92 Å². The van der Waals surface area contributed by atoms with E-state index in [2.05, 4.69) is 0 Å². The van der Waals surface area contributed by atoms with Crippen LogP contribution in [0.4, 0.5) is 13.2 Å². The summed E-state index contributed by atoms with van der Waals surface area (Å²) in [5.41, 5.74) is -0.316. The van der Waals surface area contributed by atoms with Gasteiger partial charge in [-0.3, -0.25) is 4.79 Å². The monoisotopic (exact) mass is 216 g/mol. The summed E-state index contributed by atoms with van der Waals surface area (Å²) >= 11 is 0. The number of halogens is 3. The van der Waals surface area contributed by atoms with Gasteiger partial charge < -0.3 is 5.11 Å². The Morgan fingerprint density at radius 2 is 1.80 bits per heavy atom. The Hall–Kier alpha value is -1.52. The molecule has 5 heteroatoms. The van der Waals surface area contributed by atoms with Crippen LogP contribution in [0.5, 0.6) is 0 Å². The maximum atomic E-state index is 13.2. The van der Waals surface area contributed by atoms with Crippen LogP contribution in [0.1, 0.15) is 17.9 Å². The third-order valence-electron chi connectivity index (χ3n) is 2.52. The molecule has 1 aromatic carbocycles. The summed E-state index contributed by atoms with van der Waals surface area (Å²) in [7, 11) is 0. The molecule has 0 heterocycles. The van der Waals surface area contributed by atoms with Crippen LogP contribution in [0.2, 0.25) is 0 Å². The molecule has 1 aliphatic rings. The third-order valence-corrected chi connectivity index (χ3v) is 2.52. The molecule has 0 radical (unpaired) electrons. The highest BCUT2D eigenvalue weighted by Gasteiger charge is 2.46. The molecule has 2 rings (SSSR count). The summed E-state index contributed by atoms with van der Waals surface area (Å²) in [4.78, 5) is 10.5. The smallest absolute Gasteiger partial charge is 0.307 e. The van der Waals surface area contributed by atoms with Gasteiger partial charge >= 0.3 is 5.97 Å². The fourth-order valence-electron chi connectivity index (χ4n) is 1.69. The zero-order chi connectivity index (χ0) is 11.2. The number of carboxylic acids is 1. The van der Waals surface area contributed by atoms with Crippen LogP contribution in [-0.2, 0) is 4.79 Å². The van der Waals surface area contributed by atoms with Gasteiger partial charge in [0.25, 0.3) is 0 Å². The van der Waals surface area contributed by atoms with Crippen molar-refractivity contribution in [1.29, 1.82) is 0 Å². The maximum Gasteiger partial charge on any atom is 0.307 e. The van der Waals surface area contributed by atoms with Gasteiger partial charge in [-0.25, -0.2) is 13.2 Å². The van der Waals surface area contributed by atoms with Crippen LogP contribution in [0.15, 0.2) is 12.1 Å². The van der Waals surface area contributed by atoms with Crippen molar-refractivity contribution in [2.75, 3.05) is 0 Å². The second-order valence-electron chi connectivity index (χ2n) is 3.57. The van der Waals surface area contributed by atoms with Gasteiger partial charge in [0.2, 0.25) is 0 Å². The fourth-order valence-corrected chi connectivity index (χ4v) is 1.69. The lowest BCUT2D eigenvalue weighted by molar-refractivity contribution is -0.138. The van der Waals surface area contributed by atoms with Crippen LogP contribution in [0.25, 0.3) is 0 Å². The molecular weight excluding hydrogens is 209 g/mol. The van der Waals surface area contributed by atoms with Gasteiger partial charge in [-0.1, -0.05) is 0 Å². The highest BCUT2D eigenvalue weighted by Crippen LogP contribution is 2.49. The van der Waals surface area contributed by atoms with Crippen molar-refractivity contribution < 1.29 is 23.1 Å². The van der Waals surface area contributed by atoms with Gasteiger partial charge in [-0.05, 0) is 6.42 Å². The van der Waals surface area contributed by atoms with E-state index in [9.17, 15) is 18.0 Å². The Bertz CT molecular complexity index is 408. The Morgan fingerprint density at radius 3 is 2.20 bits per heavy atom. The zero-order valence-corrected chi connectivity index (χ0v) is 7.51. The largest absolute Gasteiger partial charge is 0.481 e. The molecule has 1 fully saturated rings. The second kappa shape index (κ2) is 3.25. The van der Waals surface area contributed by atoms with Crippen molar-refractivity contribution in [2.24, 2.45) is 5.92 Å². The predicted molar refractivity (Wildman–Crippen MR) is 44.8 cm³/mol. The summed E-state index contributed by atoms with van der Waals surface area (Å²) < 4.78 is 38.9. The van der Waals surface area contributed by atoms with Crippen LogP contribution in [0, 0.1) is 23.4 Å². The van der Waals surface area contributed by atoms with E-state index in [0.29, 0.717) is 12.1 Å². The topological polar surface area (TPSA) is 37.3 Å². The van der Waals surface area contributed by atoms with Crippen molar-refractivity contribution in [3.8, 4) is 0 Å². The molecule has 1 saturated carbocycles. The molecule has 0 amide bonds. The number of benzene rings is 1. The molecule has 2 unspecified atom stereocenters. The molecule has 2 nitrogen and oxygen atoms in total. The van der Waals surface area contributed by atoms with Crippen molar-refractivity contribution in [2.45, 2.75) is 12.3 Å². The van der Waals surface area contributed by atoms with E-state index in [0.717, 1.165) is 0 Å². The van der Waals surface area contributed by atoms with E-state index >= 15 is 0 Å². The number of carboxylic acid groups (broad SMARTS) is 1. The van der Waals surface area contributed by atoms with E-state index in [1.165, 1.54) is 0 Å². The summed E-state index contributed by atoms with van der Waals surface area (Å²) in [6.07, 6.45) is 0.203. The lowest BCUT2D eigenvalue weighted by atomic mass is 10.1. The third kappa shape index (κ3) is 1.69. The normalized spacial score (nSPS) is 23.9.